The molecule has 1 aromatic carbocycles. The topological polar surface area (TPSA) is 18.5 Å². The molecule has 2 fully saturated rings. The van der Waals surface area contributed by atoms with Crippen LogP contribution in [0.1, 0.15) is 24.3 Å². The molecule has 1 heterocycles. The van der Waals surface area contributed by atoms with Crippen molar-refractivity contribution in [1.29, 1.82) is 0 Å². The summed E-state index contributed by atoms with van der Waals surface area (Å²) in [5.74, 6) is 0.459. The molecule has 1 aromatic rings. The predicted molar refractivity (Wildman–Crippen MR) is 74.4 cm³/mol. The molecule has 3 rings (SSSR count). The summed E-state index contributed by atoms with van der Waals surface area (Å²) < 4.78 is 12.9. The van der Waals surface area contributed by atoms with Crippen LogP contribution in [0, 0.1) is 5.82 Å². The summed E-state index contributed by atoms with van der Waals surface area (Å²) in [6, 6.07) is 7.57. The van der Waals surface area contributed by atoms with Gasteiger partial charge in [-0.15, -0.1) is 0 Å². The molecule has 19 heavy (non-hydrogen) atoms. The van der Waals surface area contributed by atoms with E-state index in [1.54, 1.807) is 12.1 Å². The van der Waals surface area contributed by atoms with Gasteiger partial charge in [0.2, 0.25) is 0 Å². The monoisotopic (exact) mass is 263 g/mol. The van der Waals surface area contributed by atoms with Crippen molar-refractivity contribution in [2.45, 2.75) is 24.8 Å². The Hall–Kier alpha value is -0.970. The average molecular weight is 263 g/mol. The summed E-state index contributed by atoms with van der Waals surface area (Å²) in [6.07, 6.45) is 2.33. The van der Waals surface area contributed by atoms with E-state index in [9.17, 15) is 4.39 Å². The molecule has 0 amide bonds. The van der Waals surface area contributed by atoms with Crippen molar-refractivity contribution in [3.05, 3.63) is 35.6 Å². The van der Waals surface area contributed by atoms with Crippen molar-refractivity contribution in [1.82, 2.24) is 15.3 Å². The second kappa shape index (κ2) is 5.57. The molecule has 0 atom stereocenters. The first-order chi connectivity index (χ1) is 9.20. The molecule has 4 heteroatoms. The normalized spacial score (nSPS) is 29.2. The smallest absolute Gasteiger partial charge is 0.123 e. The number of benzene rings is 1. The Kier molecular flexibility index (Phi) is 3.82. The summed E-state index contributed by atoms with van der Waals surface area (Å²) in [4.78, 5) is 2.36. The van der Waals surface area contributed by atoms with Crippen molar-refractivity contribution in [2.24, 2.45) is 0 Å². The maximum Gasteiger partial charge on any atom is 0.123 e. The summed E-state index contributed by atoms with van der Waals surface area (Å²) in [7, 11) is 2.17. The Balaban J connectivity index is 1.44. The van der Waals surface area contributed by atoms with Crippen molar-refractivity contribution in [2.75, 3.05) is 33.2 Å². The zero-order valence-electron chi connectivity index (χ0n) is 11.5. The number of halogens is 1. The van der Waals surface area contributed by atoms with E-state index in [-0.39, 0.29) is 5.82 Å². The van der Waals surface area contributed by atoms with Gasteiger partial charge in [0.15, 0.2) is 0 Å². The van der Waals surface area contributed by atoms with Gasteiger partial charge in [-0.05, 0) is 43.5 Å². The lowest BCUT2D eigenvalue weighted by Crippen LogP contribution is -2.56. The first-order valence-corrected chi connectivity index (χ1v) is 7.16. The Bertz CT molecular complexity index is 406. The third-order valence-corrected chi connectivity index (χ3v) is 4.35. The van der Waals surface area contributed by atoms with Gasteiger partial charge in [0, 0.05) is 32.2 Å². The van der Waals surface area contributed by atoms with Crippen LogP contribution in [0.5, 0.6) is 0 Å². The fourth-order valence-corrected chi connectivity index (χ4v) is 2.92. The van der Waals surface area contributed by atoms with Crippen LogP contribution in [0.15, 0.2) is 24.3 Å². The number of likely N-dealkylation sites (N-methyl/N-ethyl adjacent to an activating group) is 1. The third kappa shape index (κ3) is 3.14. The van der Waals surface area contributed by atoms with Gasteiger partial charge in [-0.3, -0.25) is 5.43 Å². The van der Waals surface area contributed by atoms with E-state index in [1.165, 1.54) is 5.56 Å². The Labute approximate surface area is 114 Å². The second-order valence-electron chi connectivity index (χ2n) is 5.84. The van der Waals surface area contributed by atoms with Gasteiger partial charge in [-0.2, -0.15) is 0 Å². The van der Waals surface area contributed by atoms with E-state index in [1.807, 2.05) is 12.1 Å². The number of hydrazine groups is 1. The largest absolute Gasteiger partial charge is 0.304 e. The number of hydrogen-bond donors (Lipinski definition) is 1. The highest BCUT2D eigenvalue weighted by Crippen LogP contribution is 2.36. The molecule has 1 saturated heterocycles. The number of piperazine rings is 1. The van der Waals surface area contributed by atoms with Gasteiger partial charge in [0.1, 0.15) is 5.82 Å². The van der Waals surface area contributed by atoms with Crippen LogP contribution < -0.4 is 5.43 Å². The highest BCUT2D eigenvalue weighted by molar-refractivity contribution is 5.23. The van der Waals surface area contributed by atoms with Gasteiger partial charge in [0.05, 0.1) is 0 Å². The van der Waals surface area contributed by atoms with Gasteiger partial charge in [-0.1, -0.05) is 12.1 Å². The number of rotatable bonds is 3. The molecule has 2 aliphatic rings. The molecular weight excluding hydrogens is 241 g/mol. The quantitative estimate of drug-likeness (QED) is 0.897. The van der Waals surface area contributed by atoms with E-state index in [0.717, 1.165) is 39.0 Å². The van der Waals surface area contributed by atoms with Crippen LogP contribution in [0.4, 0.5) is 4.39 Å². The second-order valence-corrected chi connectivity index (χ2v) is 5.84. The fourth-order valence-electron chi connectivity index (χ4n) is 2.92. The highest BCUT2D eigenvalue weighted by atomic mass is 19.1. The molecule has 1 saturated carbocycles. The van der Waals surface area contributed by atoms with E-state index >= 15 is 0 Å². The minimum atomic E-state index is -0.143. The van der Waals surface area contributed by atoms with E-state index < -0.39 is 0 Å². The molecule has 0 aromatic heterocycles. The molecular formula is C15H22FN3. The molecule has 0 radical (unpaired) electrons. The summed E-state index contributed by atoms with van der Waals surface area (Å²) in [6.45, 7) is 4.49. The fraction of sp³-hybridized carbons (Fsp3) is 0.600. The third-order valence-electron chi connectivity index (χ3n) is 4.35. The standard InChI is InChI=1S/C15H22FN3/c1-18-6-8-19(9-7-18)17-15-10-13(11-15)12-2-4-14(16)5-3-12/h2-5,13,15,17H,6-11H2,1H3. The van der Waals surface area contributed by atoms with Crippen molar-refractivity contribution >= 4 is 0 Å². The van der Waals surface area contributed by atoms with Crippen LogP contribution in [0.2, 0.25) is 0 Å². The molecule has 0 spiro atoms. The lowest BCUT2D eigenvalue weighted by Gasteiger charge is -2.42. The van der Waals surface area contributed by atoms with Crippen LogP contribution in [-0.2, 0) is 0 Å². The molecule has 3 nitrogen and oxygen atoms in total. The Morgan fingerprint density at radius 1 is 1.05 bits per heavy atom. The van der Waals surface area contributed by atoms with E-state index in [4.69, 9.17) is 0 Å². The zero-order valence-corrected chi connectivity index (χ0v) is 11.5. The van der Waals surface area contributed by atoms with Gasteiger partial charge >= 0.3 is 0 Å². The lowest BCUT2D eigenvalue weighted by atomic mass is 9.76. The summed E-state index contributed by atoms with van der Waals surface area (Å²) in [5, 5.41) is 2.35. The van der Waals surface area contributed by atoms with Crippen LogP contribution in [0.25, 0.3) is 0 Å². The zero-order chi connectivity index (χ0) is 13.2. The van der Waals surface area contributed by atoms with Crippen LogP contribution in [0.3, 0.4) is 0 Å². The summed E-state index contributed by atoms with van der Waals surface area (Å²) >= 11 is 0. The van der Waals surface area contributed by atoms with Crippen molar-refractivity contribution < 1.29 is 4.39 Å². The first kappa shape index (κ1) is 13.0. The van der Waals surface area contributed by atoms with Crippen molar-refractivity contribution in [3.63, 3.8) is 0 Å². The maximum atomic E-state index is 12.9. The highest BCUT2D eigenvalue weighted by Gasteiger charge is 2.31. The molecule has 1 N–H and O–H groups in total. The number of hydrogen-bond acceptors (Lipinski definition) is 3. The Morgan fingerprint density at radius 3 is 2.32 bits per heavy atom. The minimum absolute atomic E-state index is 0.143. The molecule has 104 valence electrons. The molecule has 1 aliphatic heterocycles. The van der Waals surface area contributed by atoms with Gasteiger partial charge in [-0.25, -0.2) is 9.40 Å². The maximum absolute atomic E-state index is 12.9. The lowest BCUT2D eigenvalue weighted by molar-refractivity contribution is 0.0628. The van der Waals surface area contributed by atoms with Crippen LogP contribution >= 0.6 is 0 Å². The molecule has 1 aliphatic carbocycles. The van der Waals surface area contributed by atoms with Crippen LogP contribution in [-0.4, -0.2) is 49.2 Å². The minimum Gasteiger partial charge on any atom is -0.304 e. The van der Waals surface area contributed by atoms with Crippen molar-refractivity contribution in [3.8, 4) is 0 Å². The first-order valence-electron chi connectivity index (χ1n) is 7.16. The summed E-state index contributed by atoms with van der Waals surface area (Å²) in [5.41, 5.74) is 4.90. The van der Waals surface area contributed by atoms with E-state index in [2.05, 4.69) is 22.4 Å². The van der Waals surface area contributed by atoms with Gasteiger partial charge < -0.3 is 4.90 Å². The molecule has 0 bridgehead atoms. The van der Waals surface area contributed by atoms with E-state index in [0.29, 0.717) is 12.0 Å². The molecule has 0 unspecified atom stereocenters. The Morgan fingerprint density at radius 2 is 1.68 bits per heavy atom. The SMILES string of the molecule is CN1CCN(NC2CC(c3ccc(F)cc3)C2)CC1. The number of nitrogens with one attached hydrogen (secondary N) is 1. The predicted octanol–water partition coefficient (Wildman–Crippen LogP) is 1.82. The number of nitrogens with zero attached hydrogens (tertiary/aromatic N) is 2. The van der Waals surface area contributed by atoms with Gasteiger partial charge in [0.25, 0.3) is 0 Å². The average Bonchev–Trinajstić information content (AvgIpc) is 2.37.